The standard InChI is InChI=1S/C13H24N4OS2/c1-9(7-13(2,8-18)14-10-5-6-10)19-12-16-15-11(20-12)17(3)4/h9-10,14,18H,5-8H2,1-4H3. The molecule has 1 fully saturated rings. The first-order chi connectivity index (χ1) is 9.42. The third kappa shape index (κ3) is 4.58. The van der Waals surface area contributed by atoms with Crippen LogP contribution in [0.15, 0.2) is 4.34 Å². The fourth-order valence-corrected chi connectivity index (χ4v) is 4.46. The van der Waals surface area contributed by atoms with Gasteiger partial charge in [-0.1, -0.05) is 30.0 Å². The molecule has 1 aliphatic rings. The van der Waals surface area contributed by atoms with Gasteiger partial charge in [0.1, 0.15) is 0 Å². The third-order valence-electron chi connectivity index (χ3n) is 3.30. The fraction of sp³-hybridized carbons (Fsp3) is 0.846. The molecule has 2 rings (SSSR count). The number of hydrogen-bond acceptors (Lipinski definition) is 7. The Morgan fingerprint density at radius 1 is 1.50 bits per heavy atom. The minimum atomic E-state index is -0.192. The topological polar surface area (TPSA) is 61.3 Å². The fourth-order valence-electron chi connectivity index (χ4n) is 2.17. The zero-order valence-electron chi connectivity index (χ0n) is 12.6. The predicted molar refractivity (Wildman–Crippen MR) is 85.8 cm³/mol. The lowest BCUT2D eigenvalue weighted by atomic mass is 9.97. The van der Waals surface area contributed by atoms with Gasteiger partial charge in [0.25, 0.3) is 0 Å². The maximum Gasteiger partial charge on any atom is 0.208 e. The molecule has 2 N–H and O–H groups in total. The number of aromatic nitrogens is 2. The Kier molecular flexibility index (Phi) is 5.28. The minimum Gasteiger partial charge on any atom is -0.394 e. The van der Waals surface area contributed by atoms with Gasteiger partial charge >= 0.3 is 0 Å². The monoisotopic (exact) mass is 316 g/mol. The molecule has 1 aromatic heterocycles. The number of hydrogen-bond donors (Lipinski definition) is 2. The van der Waals surface area contributed by atoms with Crippen LogP contribution in [0, 0.1) is 0 Å². The lowest BCUT2D eigenvalue weighted by Gasteiger charge is -2.31. The van der Waals surface area contributed by atoms with Crippen LogP contribution in [0.4, 0.5) is 5.13 Å². The summed E-state index contributed by atoms with van der Waals surface area (Å²) in [5.74, 6) is 0. The van der Waals surface area contributed by atoms with Gasteiger partial charge < -0.3 is 15.3 Å². The van der Waals surface area contributed by atoms with Crippen LogP contribution in [0.1, 0.15) is 33.1 Å². The minimum absolute atomic E-state index is 0.174. The summed E-state index contributed by atoms with van der Waals surface area (Å²) in [6.07, 6.45) is 3.39. The molecule has 0 bridgehead atoms. The Bertz CT molecular complexity index is 436. The normalized spacial score (nSPS) is 19.6. The van der Waals surface area contributed by atoms with E-state index in [-0.39, 0.29) is 12.1 Å². The predicted octanol–water partition coefficient (Wildman–Crippen LogP) is 1.98. The van der Waals surface area contributed by atoms with E-state index in [0.29, 0.717) is 11.3 Å². The van der Waals surface area contributed by atoms with E-state index in [1.165, 1.54) is 12.8 Å². The summed E-state index contributed by atoms with van der Waals surface area (Å²) in [5.41, 5.74) is -0.192. The van der Waals surface area contributed by atoms with Crippen molar-refractivity contribution in [3.8, 4) is 0 Å². The van der Waals surface area contributed by atoms with Gasteiger partial charge in [-0.3, -0.25) is 0 Å². The van der Waals surface area contributed by atoms with Crippen LogP contribution in [0.25, 0.3) is 0 Å². The molecule has 0 saturated heterocycles. The van der Waals surface area contributed by atoms with Crippen LogP contribution < -0.4 is 10.2 Å². The molecule has 2 atom stereocenters. The molecule has 0 aromatic carbocycles. The molecular weight excluding hydrogens is 292 g/mol. The van der Waals surface area contributed by atoms with Crippen molar-refractivity contribution in [2.45, 2.75) is 54.3 Å². The zero-order chi connectivity index (χ0) is 14.8. The first-order valence-corrected chi connectivity index (χ1v) is 8.67. The summed E-state index contributed by atoms with van der Waals surface area (Å²) in [7, 11) is 3.95. The van der Waals surface area contributed by atoms with Crippen LogP contribution in [-0.2, 0) is 0 Å². The molecule has 1 aliphatic carbocycles. The smallest absolute Gasteiger partial charge is 0.208 e. The van der Waals surface area contributed by atoms with Crippen molar-refractivity contribution in [3.63, 3.8) is 0 Å². The number of aliphatic hydroxyl groups excluding tert-OH is 1. The second kappa shape index (κ2) is 6.60. The highest BCUT2D eigenvalue weighted by atomic mass is 32.2. The van der Waals surface area contributed by atoms with E-state index in [0.717, 1.165) is 15.9 Å². The highest BCUT2D eigenvalue weighted by Crippen LogP contribution is 2.34. The summed E-state index contributed by atoms with van der Waals surface area (Å²) in [6.45, 7) is 4.46. The zero-order valence-corrected chi connectivity index (χ0v) is 14.2. The maximum atomic E-state index is 9.65. The SMILES string of the molecule is CC(CC(C)(CO)NC1CC1)Sc1nnc(N(C)C)s1. The van der Waals surface area contributed by atoms with E-state index in [1.807, 2.05) is 19.0 Å². The Morgan fingerprint density at radius 3 is 2.70 bits per heavy atom. The molecule has 0 radical (unpaired) electrons. The van der Waals surface area contributed by atoms with Gasteiger partial charge in [0, 0.05) is 30.9 Å². The number of rotatable bonds is 8. The van der Waals surface area contributed by atoms with Gasteiger partial charge in [0.15, 0.2) is 4.34 Å². The molecule has 0 aliphatic heterocycles. The van der Waals surface area contributed by atoms with Crippen molar-refractivity contribution in [1.82, 2.24) is 15.5 Å². The second-order valence-electron chi connectivity index (χ2n) is 6.01. The largest absolute Gasteiger partial charge is 0.394 e. The maximum absolute atomic E-state index is 9.65. The van der Waals surface area contributed by atoms with Crippen molar-refractivity contribution >= 4 is 28.2 Å². The molecule has 5 nitrogen and oxygen atoms in total. The molecule has 20 heavy (non-hydrogen) atoms. The summed E-state index contributed by atoms with van der Waals surface area (Å²) in [5, 5.41) is 22.9. The Balaban J connectivity index is 1.87. The quantitative estimate of drug-likeness (QED) is 0.715. The van der Waals surface area contributed by atoms with Crippen LogP contribution in [0.3, 0.4) is 0 Å². The van der Waals surface area contributed by atoms with Gasteiger partial charge in [0.05, 0.1) is 6.61 Å². The van der Waals surface area contributed by atoms with Gasteiger partial charge in [-0.05, 0) is 26.2 Å². The lowest BCUT2D eigenvalue weighted by molar-refractivity contribution is 0.164. The molecule has 0 amide bonds. The van der Waals surface area contributed by atoms with Crippen LogP contribution in [0.2, 0.25) is 0 Å². The molecule has 1 aromatic rings. The van der Waals surface area contributed by atoms with Gasteiger partial charge in [-0.2, -0.15) is 0 Å². The highest BCUT2D eigenvalue weighted by Gasteiger charge is 2.33. The molecule has 1 heterocycles. The van der Waals surface area contributed by atoms with Gasteiger partial charge in [-0.25, -0.2) is 0 Å². The number of thioether (sulfide) groups is 1. The first kappa shape index (κ1) is 16.0. The van der Waals surface area contributed by atoms with Crippen LogP contribution in [0.5, 0.6) is 0 Å². The highest BCUT2D eigenvalue weighted by molar-refractivity contribution is 8.01. The average Bonchev–Trinajstić information content (AvgIpc) is 3.04. The van der Waals surface area contributed by atoms with E-state index in [1.54, 1.807) is 23.1 Å². The lowest BCUT2D eigenvalue weighted by Crippen LogP contribution is -2.48. The van der Waals surface area contributed by atoms with Gasteiger partial charge in [-0.15, -0.1) is 10.2 Å². The van der Waals surface area contributed by atoms with E-state index >= 15 is 0 Å². The molecule has 0 spiro atoms. The summed E-state index contributed by atoms with van der Waals surface area (Å²) < 4.78 is 0.993. The molecule has 1 saturated carbocycles. The Morgan fingerprint density at radius 2 is 2.20 bits per heavy atom. The van der Waals surface area contributed by atoms with Crippen LogP contribution in [-0.4, -0.2) is 52.8 Å². The van der Waals surface area contributed by atoms with Gasteiger partial charge in [0.2, 0.25) is 5.13 Å². The molecule has 7 heteroatoms. The summed E-state index contributed by atoms with van der Waals surface area (Å²) >= 11 is 3.35. The number of nitrogens with one attached hydrogen (secondary N) is 1. The van der Waals surface area contributed by atoms with Crippen molar-refractivity contribution in [2.24, 2.45) is 0 Å². The Hall–Kier alpha value is -0.370. The molecular formula is C13H24N4OS2. The van der Waals surface area contributed by atoms with E-state index < -0.39 is 0 Å². The van der Waals surface area contributed by atoms with Crippen molar-refractivity contribution < 1.29 is 5.11 Å². The van der Waals surface area contributed by atoms with E-state index in [9.17, 15) is 5.11 Å². The summed E-state index contributed by atoms with van der Waals surface area (Å²) in [4.78, 5) is 1.97. The van der Waals surface area contributed by atoms with E-state index in [4.69, 9.17) is 0 Å². The number of aliphatic hydroxyl groups is 1. The third-order valence-corrected chi connectivity index (χ3v) is 5.57. The first-order valence-electron chi connectivity index (χ1n) is 6.98. The van der Waals surface area contributed by atoms with Crippen molar-refractivity contribution in [2.75, 3.05) is 25.6 Å². The number of anilines is 1. The summed E-state index contributed by atoms with van der Waals surface area (Å²) in [6, 6.07) is 0.603. The van der Waals surface area contributed by atoms with Crippen LogP contribution >= 0.6 is 23.1 Å². The van der Waals surface area contributed by atoms with Crippen molar-refractivity contribution in [1.29, 1.82) is 0 Å². The van der Waals surface area contributed by atoms with Crippen molar-refractivity contribution in [3.05, 3.63) is 0 Å². The average molecular weight is 316 g/mol. The van der Waals surface area contributed by atoms with E-state index in [2.05, 4.69) is 29.4 Å². The number of nitrogens with zero attached hydrogens (tertiary/aromatic N) is 3. The Labute approximate surface area is 129 Å². The second-order valence-corrected chi connectivity index (χ2v) is 8.66. The molecule has 2 unspecified atom stereocenters. The molecule has 114 valence electrons.